The molecule has 1 aromatic heterocycles. The number of amides is 1. The van der Waals surface area contributed by atoms with E-state index in [-0.39, 0.29) is 5.91 Å². The highest BCUT2D eigenvalue weighted by atomic mass is 16.3. The lowest BCUT2D eigenvalue weighted by Crippen LogP contribution is -2.38. The average molecular weight is 322 g/mol. The van der Waals surface area contributed by atoms with Gasteiger partial charge in [0.1, 0.15) is 0 Å². The number of aliphatic imine (C=N–C) groups is 1. The molecule has 0 aliphatic heterocycles. The van der Waals surface area contributed by atoms with Crippen molar-refractivity contribution < 1.29 is 9.21 Å². The van der Waals surface area contributed by atoms with Gasteiger partial charge in [-0.25, -0.2) is 0 Å². The molecule has 23 heavy (non-hydrogen) atoms. The highest BCUT2D eigenvalue weighted by Gasteiger charge is 2.11. The Labute approximate surface area is 139 Å². The first-order valence-corrected chi connectivity index (χ1v) is 8.53. The topological polar surface area (TPSA) is 78.7 Å². The molecule has 1 rings (SSSR count). The third-order valence-electron chi connectivity index (χ3n) is 3.38. The van der Waals surface area contributed by atoms with E-state index in [2.05, 4.69) is 34.8 Å². The first-order valence-electron chi connectivity index (χ1n) is 8.53. The summed E-state index contributed by atoms with van der Waals surface area (Å²) in [6.07, 6.45) is 5.91. The summed E-state index contributed by atoms with van der Waals surface area (Å²) in [5.41, 5.74) is 0.853. The third kappa shape index (κ3) is 7.72. The zero-order valence-corrected chi connectivity index (χ0v) is 14.6. The molecule has 0 aliphatic carbocycles. The van der Waals surface area contributed by atoms with E-state index in [0.717, 1.165) is 37.5 Å². The minimum absolute atomic E-state index is 0.166. The molecule has 0 aromatic carbocycles. The number of hydrogen-bond donors (Lipinski definition) is 3. The second kappa shape index (κ2) is 11.6. The maximum atomic E-state index is 11.9. The molecule has 0 aliphatic rings. The quantitative estimate of drug-likeness (QED) is 0.351. The van der Waals surface area contributed by atoms with Crippen LogP contribution in [-0.2, 0) is 0 Å². The van der Waals surface area contributed by atoms with Crippen molar-refractivity contribution >= 4 is 11.9 Å². The molecule has 0 saturated heterocycles. The molecule has 0 bridgehead atoms. The van der Waals surface area contributed by atoms with Crippen molar-refractivity contribution in [3.63, 3.8) is 0 Å². The minimum Gasteiger partial charge on any atom is -0.459 e. The lowest BCUT2D eigenvalue weighted by atomic mass is 10.2. The van der Waals surface area contributed by atoms with Gasteiger partial charge in [-0.05, 0) is 32.8 Å². The van der Waals surface area contributed by atoms with Crippen molar-refractivity contribution in [2.24, 2.45) is 4.99 Å². The van der Waals surface area contributed by atoms with Gasteiger partial charge in [0.2, 0.25) is 0 Å². The Bertz CT molecular complexity index is 483. The molecule has 0 saturated carbocycles. The van der Waals surface area contributed by atoms with Gasteiger partial charge in [-0.3, -0.25) is 9.79 Å². The van der Waals surface area contributed by atoms with E-state index < -0.39 is 0 Å². The zero-order chi connectivity index (χ0) is 16.9. The number of guanidine groups is 1. The second-order valence-corrected chi connectivity index (χ2v) is 5.44. The molecule has 130 valence electrons. The number of unbranched alkanes of at least 4 members (excludes halogenated alkanes) is 2. The number of hydrogen-bond acceptors (Lipinski definition) is 3. The number of carbonyl (C=O) groups excluding carboxylic acids is 1. The van der Waals surface area contributed by atoms with Crippen LogP contribution < -0.4 is 16.0 Å². The summed E-state index contributed by atoms with van der Waals surface area (Å²) < 4.78 is 5.16. The van der Waals surface area contributed by atoms with Crippen LogP contribution in [0.1, 0.15) is 55.6 Å². The Balaban J connectivity index is 2.23. The number of rotatable bonds is 10. The Morgan fingerprint density at radius 1 is 1.13 bits per heavy atom. The normalized spacial score (nSPS) is 11.3. The van der Waals surface area contributed by atoms with Crippen molar-refractivity contribution in [1.29, 1.82) is 0 Å². The van der Waals surface area contributed by atoms with Crippen LogP contribution in [0.25, 0.3) is 0 Å². The van der Waals surface area contributed by atoms with E-state index in [1.807, 2.05) is 6.92 Å². The number of nitrogens with one attached hydrogen (secondary N) is 3. The maximum absolute atomic E-state index is 11.9. The summed E-state index contributed by atoms with van der Waals surface area (Å²) in [6, 6.07) is 1.78. The Kier molecular flexibility index (Phi) is 9.59. The van der Waals surface area contributed by atoms with Crippen molar-refractivity contribution in [2.45, 2.75) is 46.5 Å². The fourth-order valence-electron chi connectivity index (χ4n) is 2.08. The molecule has 1 aromatic rings. The molecule has 6 nitrogen and oxygen atoms in total. The Morgan fingerprint density at radius 3 is 2.57 bits per heavy atom. The molecular formula is C17H30N4O2. The lowest BCUT2D eigenvalue weighted by molar-refractivity contribution is 0.0925. The summed E-state index contributed by atoms with van der Waals surface area (Å²) >= 11 is 0. The van der Waals surface area contributed by atoms with Gasteiger partial charge < -0.3 is 20.4 Å². The molecule has 0 unspecified atom stereocenters. The Hall–Kier alpha value is -1.98. The number of aryl methyl sites for hydroxylation is 1. The lowest BCUT2D eigenvalue weighted by Gasteiger charge is -2.11. The highest BCUT2D eigenvalue weighted by Crippen LogP contribution is 2.07. The molecule has 1 amide bonds. The zero-order valence-electron chi connectivity index (χ0n) is 14.6. The first kappa shape index (κ1) is 19.1. The predicted octanol–water partition coefficient (Wildman–Crippen LogP) is 2.45. The molecule has 3 N–H and O–H groups in total. The summed E-state index contributed by atoms with van der Waals surface area (Å²) in [7, 11) is 0. The van der Waals surface area contributed by atoms with Crippen LogP contribution in [0.4, 0.5) is 0 Å². The fraction of sp³-hybridized carbons (Fsp3) is 0.647. The second-order valence-electron chi connectivity index (χ2n) is 5.44. The van der Waals surface area contributed by atoms with Crippen LogP contribution in [-0.4, -0.2) is 38.0 Å². The molecule has 0 spiro atoms. The predicted molar refractivity (Wildman–Crippen MR) is 93.9 cm³/mol. The summed E-state index contributed by atoms with van der Waals surface area (Å²) in [5.74, 6) is 1.07. The van der Waals surface area contributed by atoms with Crippen molar-refractivity contribution in [1.82, 2.24) is 16.0 Å². The van der Waals surface area contributed by atoms with E-state index in [0.29, 0.717) is 18.8 Å². The largest absolute Gasteiger partial charge is 0.459 e. The van der Waals surface area contributed by atoms with E-state index in [1.165, 1.54) is 19.1 Å². The third-order valence-corrected chi connectivity index (χ3v) is 3.38. The van der Waals surface area contributed by atoms with Crippen LogP contribution in [0.3, 0.4) is 0 Å². The standard InChI is InChI=1S/C17H30N4O2/c1-4-6-7-10-20-17(18-5-2)21-12-8-11-19-16(22)15-14(3)9-13-23-15/h9,13H,4-8,10-12H2,1-3H3,(H,19,22)(H2,18,20,21). The maximum Gasteiger partial charge on any atom is 0.287 e. The summed E-state index contributed by atoms with van der Waals surface area (Å²) in [6.45, 7) is 9.13. The summed E-state index contributed by atoms with van der Waals surface area (Å²) in [5, 5.41) is 9.40. The summed E-state index contributed by atoms with van der Waals surface area (Å²) in [4.78, 5) is 16.4. The van der Waals surface area contributed by atoms with E-state index in [4.69, 9.17) is 4.42 Å². The van der Waals surface area contributed by atoms with Gasteiger partial charge in [0, 0.05) is 31.7 Å². The van der Waals surface area contributed by atoms with Gasteiger partial charge in [0.15, 0.2) is 11.7 Å². The van der Waals surface area contributed by atoms with Gasteiger partial charge in [-0.1, -0.05) is 19.8 Å². The molecule has 0 atom stereocenters. The van der Waals surface area contributed by atoms with Crippen molar-refractivity contribution in [2.75, 3.05) is 26.2 Å². The monoisotopic (exact) mass is 322 g/mol. The molecular weight excluding hydrogens is 292 g/mol. The van der Waals surface area contributed by atoms with Crippen LogP contribution in [0.5, 0.6) is 0 Å². The minimum atomic E-state index is -0.166. The molecule has 0 radical (unpaired) electrons. The van der Waals surface area contributed by atoms with E-state index in [1.54, 1.807) is 6.07 Å². The van der Waals surface area contributed by atoms with Crippen LogP contribution >= 0.6 is 0 Å². The van der Waals surface area contributed by atoms with Gasteiger partial charge >= 0.3 is 0 Å². The van der Waals surface area contributed by atoms with Crippen LogP contribution in [0.2, 0.25) is 0 Å². The van der Waals surface area contributed by atoms with Gasteiger partial charge in [0.25, 0.3) is 5.91 Å². The average Bonchev–Trinajstić information content (AvgIpc) is 2.97. The molecule has 0 fully saturated rings. The molecule has 6 heteroatoms. The van der Waals surface area contributed by atoms with Crippen molar-refractivity contribution in [3.05, 3.63) is 23.7 Å². The Morgan fingerprint density at radius 2 is 1.91 bits per heavy atom. The van der Waals surface area contributed by atoms with E-state index in [9.17, 15) is 4.79 Å². The highest BCUT2D eigenvalue weighted by molar-refractivity contribution is 5.92. The number of carbonyl (C=O) groups is 1. The smallest absolute Gasteiger partial charge is 0.287 e. The fourth-order valence-corrected chi connectivity index (χ4v) is 2.08. The van der Waals surface area contributed by atoms with Crippen molar-refractivity contribution in [3.8, 4) is 0 Å². The van der Waals surface area contributed by atoms with Crippen LogP contribution in [0.15, 0.2) is 21.7 Å². The van der Waals surface area contributed by atoms with Gasteiger partial charge in [-0.15, -0.1) is 0 Å². The number of furan rings is 1. The first-order chi connectivity index (χ1) is 11.2. The number of nitrogens with zero attached hydrogens (tertiary/aromatic N) is 1. The van der Waals surface area contributed by atoms with Gasteiger partial charge in [0.05, 0.1) is 6.26 Å². The van der Waals surface area contributed by atoms with Gasteiger partial charge in [-0.2, -0.15) is 0 Å². The van der Waals surface area contributed by atoms with E-state index >= 15 is 0 Å². The SMILES string of the molecule is CCCCCNC(=NCCCNC(=O)c1occc1C)NCC. The van der Waals surface area contributed by atoms with Crippen LogP contribution in [0, 0.1) is 6.92 Å². The molecule has 1 heterocycles.